The van der Waals surface area contributed by atoms with Crippen molar-refractivity contribution in [2.45, 2.75) is 26.2 Å². The molecule has 1 fully saturated rings. The highest BCUT2D eigenvalue weighted by molar-refractivity contribution is 8.25. The van der Waals surface area contributed by atoms with E-state index in [1.807, 2.05) is 29.6 Å². The van der Waals surface area contributed by atoms with Gasteiger partial charge in [0.1, 0.15) is 5.78 Å². The number of rotatable bonds is 4. The van der Waals surface area contributed by atoms with Gasteiger partial charge in [0.2, 0.25) is 0 Å². The smallest absolute Gasteiger partial charge is 0.130 e. The second-order valence-corrected chi connectivity index (χ2v) is 7.01. The molecule has 0 N–H and O–H groups in total. The average molecular weight is 278 g/mol. The molecule has 0 aromatic heterocycles. The number of thioether (sulfide) groups is 2. The molecule has 0 aliphatic carbocycles. The number of hydrogen-bond acceptors (Lipinski definition) is 3. The van der Waals surface area contributed by atoms with Gasteiger partial charge in [-0.15, -0.1) is 23.5 Å². The molecule has 1 heterocycles. The van der Waals surface area contributed by atoms with Crippen LogP contribution in [0.4, 0.5) is 0 Å². The van der Waals surface area contributed by atoms with Gasteiger partial charge in [0.05, 0.1) is 0 Å². The Morgan fingerprint density at radius 1 is 1.17 bits per heavy atom. The number of ketones is 1. The molecule has 1 unspecified atom stereocenters. The number of Topliss-reactive ketones (excluding diaryl/α,β-unsaturated/α-hetero) is 1. The molecule has 0 saturated carbocycles. The van der Waals surface area contributed by atoms with Crippen molar-refractivity contribution in [3.63, 3.8) is 0 Å². The Bertz CT molecular complexity index is 443. The van der Waals surface area contributed by atoms with Crippen molar-refractivity contribution in [3.8, 4) is 0 Å². The van der Waals surface area contributed by atoms with Gasteiger partial charge in [-0.3, -0.25) is 4.79 Å². The van der Waals surface area contributed by atoms with Crippen LogP contribution in [-0.2, 0) is 4.79 Å². The van der Waals surface area contributed by atoms with Gasteiger partial charge in [0.15, 0.2) is 0 Å². The molecule has 3 heteroatoms. The minimum Gasteiger partial charge on any atom is -0.300 e. The van der Waals surface area contributed by atoms with Crippen LogP contribution in [0.3, 0.4) is 0 Å². The number of benzene rings is 1. The molecule has 1 aliphatic rings. The van der Waals surface area contributed by atoms with Crippen LogP contribution in [0.15, 0.2) is 40.1 Å². The zero-order valence-corrected chi connectivity index (χ0v) is 12.4. The van der Waals surface area contributed by atoms with Gasteiger partial charge in [0.25, 0.3) is 0 Å². The van der Waals surface area contributed by atoms with E-state index < -0.39 is 0 Å². The van der Waals surface area contributed by atoms with Crippen LogP contribution < -0.4 is 0 Å². The van der Waals surface area contributed by atoms with Gasteiger partial charge >= 0.3 is 0 Å². The second kappa shape index (κ2) is 6.48. The first kappa shape index (κ1) is 13.8. The van der Waals surface area contributed by atoms with Gasteiger partial charge in [0, 0.05) is 28.1 Å². The van der Waals surface area contributed by atoms with Gasteiger partial charge in [-0.25, -0.2) is 0 Å². The van der Waals surface area contributed by atoms with E-state index in [9.17, 15) is 4.79 Å². The third kappa shape index (κ3) is 3.42. The molecule has 96 valence electrons. The molecule has 1 aromatic carbocycles. The Morgan fingerprint density at radius 2 is 1.78 bits per heavy atom. The van der Waals surface area contributed by atoms with Crippen molar-refractivity contribution in [3.05, 3.63) is 45.7 Å². The van der Waals surface area contributed by atoms with E-state index in [-0.39, 0.29) is 11.7 Å². The number of allylic oxidation sites excluding steroid dienone is 1. The summed E-state index contributed by atoms with van der Waals surface area (Å²) in [5, 5.41) is 0. The van der Waals surface area contributed by atoms with E-state index >= 15 is 0 Å². The molecule has 1 aliphatic heterocycles. The van der Waals surface area contributed by atoms with Crippen LogP contribution in [0.2, 0.25) is 0 Å². The molecule has 1 aromatic rings. The molecule has 0 amide bonds. The van der Waals surface area contributed by atoms with Crippen LogP contribution in [0, 0.1) is 0 Å². The largest absolute Gasteiger partial charge is 0.300 e. The maximum Gasteiger partial charge on any atom is 0.130 e. The van der Waals surface area contributed by atoms with Crippen LogP contribution in [0.25, 0.3) is 0 Å². The van der Waals surface area contributed by atoms with E-state index in [1.54, 1.807) is 6.92 Å². The SMILES string of the molecule is CC(=O)CC(C(C)=C1SCCS1)c1ccccc1. The van der Waals surface area contributed by atoms with Crippen LogP contribution >= 0.6 is 23.5 Å². The lowest BCUT2D eigenvalue weighted by atomic mass is 9.88. The molecular weight excluding hydrogens is 260 g/mol. The van der Waals surface area contributed by atoms with E-state index in [1.165, 1.54) is 26.9 Å². The number of carbonyl (C=O) groups excluding carboxylic acids is 1. The highest BCUT2D eigenvalue weighted by Gasteiger charge is 2.21. The van der Waals surface area contributed by atoms with Gasteiger partial charge in [-0.05, 0) is 25.0 Å². The molecule has 2 rings (SSSR count). The maximum atomic E-state index is 11.5. The maximum absolute atomic E-state index is 11.5. The molecule has 0 radical (unpaired) electrons. The first-order valence-electron chi connectivity index (χ1n) is 6.19. The minimum atomic E-state index is 0.247. The Labute approximate surface area is 117 Å². The fourth-order valence-corrected chi connectivity index (χ4v) is 4.78. The van der Waals surface area contributed by atoms with E-state index in [0.717, 1.165) is 0 Å². The summed E-state index contributed by atoms with van der Waals surface area (Å²) in [7, 11) is 0. The molecular formula is C15H18OS2. The average Bonchev–Trinajstić information content (AvgIpc) is 2.90. The zero-order valence-electron chi connectivity index (χ0n) is 10.8. The second-order valence-electron chi connectivity index (χ2n) is 4.54. The topological polar surface area (TPSA) is 17.1 Å². The summed E-state index contributed by atoms with van der Waals surface area (Å²) >= 11 is 3.86. The molecule has 1 saturated heterocycles. The van der Waals surface area contributed by atoms with Gasteiger partial charge in [-0.2, -0.15) is 0 Å². The molecule has 18 heavy (non-hydrogen) atoms. The van der Waals surface area contributed by atoms with Gasteiger partial charge in [-0.1, -0.05) is 30.3 Å². The van der Waals surface area contributed by atoms with Crippen LogP contribution in [0.1, 0.15) is 31.7 Å². The summed E-state index contributed by atoms with van der Waals surface area (Å²) in [4.78, 5) is 11.5. The van der Waals surface area contributed by atoms with E-state index in [0.29, 0.717) is 6.42 Å². The predicted octanol–water partition coefficient (Wildman–Crippen LogP) is 4.46. The highest BCUT2D eigenvalue weighted by Crippen LogP contribution is 2.43. The first-order chi connectivity index (χ1) is 8.68. The standard InChI is InChI=1S/C15H18OS2/c1-11(16)10-14(13-6-4-3-5-7-13)12(2)15-17-8-9-18-15/h3-7,14H,8-10H2,1-2H3. The quantitative estimate of drug-likeness (QED) is 0.809. The van der Waals surface area contributed by atoms with Crippen molar-refractivity contribution in [1.29, 1.82) is 0 Å². The Morgan fingerprint density at radius 3 is 2.33 bits per heavy atom. The summed E-state index contributed by atoms with van der Waals surface area (Å²) in [5.41, 5.74) is 2.62. The summed E-state index contributed by atoms with van der Waals surface area (Å²) in [6.45, 7) is 3.87. The molecule has 0 spiro atoms. The van der Waals surface area contributed by atoms with Gasteiger partial charge < -0.3 is 0 Å². The predicted molar refractivity (Wildman–Crippen MR) is 82.1 cm³/mol. The molecule has 0 bridgehead atoms. The van der Waals surface area contributed by atoms with Crippen molar-refractivity contribution in [1.82, 2.24) is 0 Å². The van der Waals surface area contributed by atoms with Crippen molar-refractivity contribution in [2.75, 3.05) is 11.5 Å². The van der Waals surface area contributed by atoms with Crippen LogP contribution in [0.5, 0.6) is 0 Å². The third-order valence-corrected chi connectivity index (χ3v) is 6.04. The summed E-state index contributed by atoms with van der Waals surface area (Å²) < 4.78 is 1.42. The third-order valence-electron chi connectivity index (χ3n) is 3.09. The number of hydrogen-bond donors (Lipinski definition) is 0. The van der Waals surface area contributed by atoms with E-state index in [4.69, 9.17) is 0 Å². The van der Waals surface area contributed by atoms with E-state index in [2.05, 4.69) is 31.2 Å². The lowest BCUT2D eigenvalue weighted by Gasteiger charge is -2.18. The Kier molecular flexibility index (Phi) is 4.95. The molecule has 1 atom stereocenters. The fraction of sp³-hybridized carbons (Fsp3) is 0.400. The summed E-state index contributed by atoms with van der Waals surface area (Å²) in [6.07, 6.45) is 0.612. The monoisotopic (exact) mass is 278 g/mol. The fourth-order valence-electron chi connectivity index (χ4n) is 2.17. The molecule has 1 nitrogen and oxygen atoms in total. The zero-order chi connectivity index (χ0) is 13.0. The Balaban J connectivity index is 2.31. The summed E-state index contributed by atoms with van der Waals surface area (Å²) in [6, 6.07) is 10.4. The van der Waals surface area contributed by atoms with Crippen molar-refractivity contribution in [2.24, 2.45) is 0 Å². The summed E-state index contributed by atoms with van der Waals surface area (Å²) in [5.74, 6) is 2.89. The first-order valence-corrected chi connectivity index (χ1v) is 8.16. The highest BCUT2D eigenvalue weighted by atomic mass is 32.2. The van der Waals surface area contributed by atoms with Crippen molar-refractivity contribution >= 4 is 29.3 Å². The number of carbonyl (C=O) groups is 1. The lowest BCUT2D eigenvalue weighted by Crippen LogP contribution is -2.06. The van der Waals surface area contributed by atoms with Crippen LogP contribution in [-0.4, -0.2) is 17.3 Å². The lowest BCUT2D eigenvalue weighted by molar-refractivity contribution is -0.117. The Hall–Kier alpha value is -0.670. The normalized spacial score (nSPS) is 16.7. The van der Waals surface area contributed by atoms with Crippen molar-refractivity contribution < 1.29 is 4.79 Å². The minimum absolute atomic E-state index is 0.247.